The maximum Gasteiger partial charge on any atom is 0.230 e. The lowest BCUT2D eigenvalue weighted by atomic mass is 10.3. The smallest absolute Gasteiger partial charge is 0.230 e. The van der Waals surface area contributed by atoms with Crippen LogP contribution < -0.4 is 5.32 Å². The van der Waals surface area contributed by atoms with Gasteiger partial charge in [0.05, 0.1) is 13.2 Å². The van der Waals surface area contributed by atoms with Gasteiger partial charge >= 0.3 is 0 Å². The Morgan fingerprint density at radius 1 is 1.54 bits per heavy atom. The second kappa shape index (κ2) is 3.85. The van der Waals surface area contributed by atoms with Crippen LogP contribution in [0.3, 0.4) is 0 Å². The molecule has 0 bridgehead atoms. The van der Waals surface area contributed by atoms with Gasteiger partial charge in [0.25, 0.3) is 0 Å². The fraction of sp³-hybridized carbons (Fsp3) is 0.750. The van der Waals surface area contributed by atoms with Gasteiger partial charge in [-0.1, -0.05) is 0 Å². The van der Waals surface area contributed by atoms with Gasteiger partial charge in [-0.3, -0.25) is 0 Å². The third kappa shape index (κ3) is 2.26. The molecule has 0 aliphatic carbocycles. The number of aromatic nitrogens is 2. The van der Waals surface area contributed by atoms with Crippen LogP contribution in [-0.4, -0.2) is 29.5 Å². The van der Waals surface area contributed by atoms with Gasteiger partial charge in [0.1, 0.15) is 0 Å². The summed E-state index contributed by atoms with van der Waals surface area (Å²) in [6.07, 6.45) is 1.06. The highest BCUT2D eigenvalue weighted by atomic mass is 16.5. The van der Waals surface area contributed by atoms with Crippen molar-refractivity contribution in [1.29, 1.82) is 0 Å². The standard InChI is InChI=1S/C8H13N3O2/c1-6-10-11-8(13-6)4-9-7-2-3-12-5-7/h7,9H,2-5H2,1H3. The molecule has 1 N–H and O–H groups in total. The molecule has 2 heterocycles. The zero-order valence-electron chi connectivity index (χ0n) is 7.62. The number of nitrogens with zero attached hydrogens (tertiary/aromatic N) is 2. The molecule has 72 valence electrons. The molecule has 5 nitrogen and oxygen atoms in total. The summed E-state index contributed by atoms with van der Waals surface area (Å²) in [5.74, 6) is 1.25. The predicted octanol–water partition coefficient (Wildman–Crippen LogP) is 0.257. The van der Waals surface area contributed by atoms with E-state index in [0.717, 1.165) is 19.6 Å². The first kappa shape index (κ1) is 8.65. The number of ether oxygens (including phenoxy) is 1. The van der Waals surface area contributed by atoms with Crippen molar-refractivity contribution in [1.82, 2.24) is 15.5 Å². The molecule has 1 aliphatic heterocycles. The molecule has 1 aromatic rings. The molecular weight excluding hydrogens is 170 g/mol. The molecule has 1 aliphatic rings. The quantitative estimate of drug-likeness (QED) is 0.728. The zero-order valence-corrected chi connectivity index (χ0v) is 7.62. The monoisotopic (exact) mass is 183 g/mol. The van der Waals surface area contributed by atoms with Crippen molar-refractivity contribution in [3.05, 3.63) is 11.8 Å². The minimum atomic E-state index is 0.437. The van der Waals surface area contributed by atoms with E-state index in [1.807, 2.05) is 0 Å². The van der Waals surface area contributed by atoms with E-state index in [4.69, 9.17) is 9.15 Å². The molecule has 2 rings (SSSR count). The van der Waals surface area contributed by atoms with Crippen molar-refractivity contribution < 1.29 is 9.15 Å². The van der Waals surface area contributed by atoms with E-state index >= 15 is 0 Å². The van der Waals surface area contributed by atoms with Crippen molar-refractivity contribution in [2.75, 3.05) is 13.2 Å². The van der Waals surface area contributed by atoms with Gasteiger partial charge < -0.3 is 14.5 Å². The van der Waals surface area contributed by atoms with Crippen LogP contribution in [0.25, 0.3) is 0 Å². The van der Waals surface area contributed by atoms with Crippen LogP contribution in [0.1, 0.15) is 18.2 Å². The predicted molar refractivity (Wildman–Crippen MR) is 45.1 cm³/mol. The van der Waals surface area contributed by atoms with Crippen LogP contribution in [0, 0.1) is 6.92 Å². The molecule has 5 heteroatoms. The minimum Gasteiger partial charge on any atom is -0.424 e. The van der Waals surface area contributed by atoms with Gasteiger partial charge in [0.15, 0.2) is 0 Å². The molecule has 1 saturated heterocycles. The van der Waals surface area contributed by atoms with Gasteiger partial charge in [0.2, 0.25) is 11.8 Å². The van der Waals surface area contributed by atoms with Gasteiger partial charge in [-0.2, -0.15) is 0 Å². The molecule has 13 heavy (non-hydrogen) atoms. The van der Waals surface area contributed by atoms with Crippen LogP contribution in [0.4, 0.5) is 0 Å². The van der Waals surface area contributed by atoms with Gasteiger partial charge in [0, 0.05) is 19.6 Å². The van der Waals surface area contributed by atoms with E-state index in [1.165, 1.54) is 0 Å². The van der Waals surface area contributed by atoms with Crippen LogP contribution in [0.15, 0.2) is 4.42 Å². The largest absolute Gasteiger partial charge is 0.424 e. The van der Waals surface area contributed by atoms with E-state index in [9.17, 15) is 0 Å². The van der Waals surface area contributed by atoms with E-state index in [2.05, 4.69) is 15.5 Å². The Morgan fingerprint density at radius 2 is 2.46 bits per heavy atom. The molecule has 0 saturated carbocycles. The fourth-order valence-electron chi connectivity index (χ4n) is 1.34. The average Bonchev–Trinajstić information content (AvgIpc) is 2.71. The van der Waals surface area contributed by atoms with Gasteiger partial charge in [-0.25, -0.2) is 0 Å². The summed E-state index contributed by atoms with van der Waals surface area (Å²) in [4.78, 5) is 0. The Kier molecular flexibility index (Phi) is 2.56. The van der Waals surface area contributed by atoms with E-state index in [1.54, 1.807) is 6.92 Å². The Labute approximate surface area is 76.5 Å². The molecule has 0 aromatic carbocycles. The molecule has 0 spiro atoms. The highest BCUT2D eigenvalue weighted by Gasteiger charge is 2.15. The second-order valence-corrected chi connectivity index (χ2v) is 3.16. The highest BCUT2D eigenvalue weighted by Crippen LogP contribution is 2.04. The first-order chi connectivity index (χ1) is 6.34. The molecule has 1 atom stereocenters. The van der Waals surface area contributed by atoms with Crippen molar-refractivity contribution in [3.8, 4) is 0 Å². The van der Waals surface area contributed by atoms with Gasteiger partial charge in [-0.15, -0.1) is 10.2 Å². The number of hydrogen-bond acceptors (Lipinski definition) is 5. The second-order valence-electron chi connectivity index (χ2n) is 3.16. The van der Waals surface area contributed by atoms with Crippen LogP contribution in [-0.2, 0) is 11.3 Å². The average molecular weight is 183 g/mol. The van der Waals surface area contributed by atoms with Crippen molar-refractivity contribution in [2.45, 2.75) is 25.9 Å². The molecule has 0 radical (unpaired) electrons. The fourth-order valence-corrected chi connectivity index (χ4v) is 1.34. The SMILES string of the molecule is Cc1nnc(CNC2CCOC2)o1. The van der Waals surface area contributed by atoms with Crippen molar-refractivity contribution in [3.63, 3.8) is 0 Å². The Balaban J connectivity index is 1.78. The number of hydrogen-bond donors (Lipinski definition) is 1. The summed E-state index contributed by atoms with van der Waals surface area (Å²) < 4.78 is 10.4. The number of aryl methyl sites for hydroxylation is 1. The third-order valence-corrected chi connectivity index (χ3v) is 2.04. The van der Waals surface area contributed by atoms with Crippen LogP contribution in [0.5, 0.6) is 0 Å². The van der Waals surface area contributed by atoms with E-state index in [0.29, 0.717) is 24.4 Å². The maximum absolute atomic E-state index is 5.22. The first-order valence-corrected chi connectivity index (χ1v) is 4.45. The van der Waals surface area contributed by atoms with E-state index < -0.39 is 0 Å². The number of nitrogens with one attached hydrogen (secondary N) is 1. The summed E-state index contributed by atoms with van der Waals surface area (Å²) in [5, 5.41) is 10.9. The molecule has 1 aromatic heterocycles. The Morgan fingerprint density at radius 3 is 3.08 bits per heavy atom. The third-order valence-electron chi connectivity index (χ3n) is 2.04. The lowest BCUT2D eigenvalue weighted by Crippen LogP contribution is -2.28. The summed E-state index contributed by atoms with van der Waals surface area (Å²) in [7, 11) is 0. The van der Waals surface area contributed by atoms with E-state index in [-0.39, 0.29) is 0 Å². The van der Waals surface area contributed by atoms with Crippen molar-refractivity contribution in [2.24, 2.45) is 0 Å². The minimum absolute atomic E-state index is 0.437. The molecular formula is C8H13N3O2. The molecule has 1 fully saturated rings. The summed E-state index contributed by atoms with van der Waals surface area (Å²) in [5.41, 5.74) is 0. The summed E-state index contributed by atoms with van der Waals surface area (Å²) in [6, 6.07) is 0.437. The molecule has 1 unspecified atom stereocenters. The zero-order chi connectivity index (χ0) is 9.10. The van der Waals surface area contributed by atoms with Crippen molar-refractivity contribution >= 4 is 0 Å². The molecule has 0 amide bonds. The van der Waals surface area contributed by atoms with Gasteiger partial charge in [-0.05, 0) is 6.42 Å². The Hall–Kier alpha value is -0.940. The highest BCUT2D eigenvalue weighted by molar-refractivity contribution is 4.80. The number of rotatable bonds is 3. The lowest BCUT2D eigenvalue weighted by Gasteiger charge is -2.06. The lowest BCUT2D eigenvalue weighted by molar-refractivity contribution is 0.189. The summed E-state index contributed by atoms with van der Waals surface area (Å²) >= 11 is 0. The topological polar surface area (TPSA) is 60.2 Å². The first-order valence-electron chi connectivity index (χ1n) is 4.45. The van der Waals surface area contributed by atoms with Crippen LogP contribution >= 0.6 is 0 Å². The Bertz CT molecular complexity index is 268. The summed E-state index contributed by atoms with van der Waals surface area (Å²) in [6.45, 7) is 4.05. The van der Waals surface area contributed by atoms with Crippen LogP contribution in [0.2, 0.25) is 0 Å². The normalized spacial score (nSPS) is 22.4. The maximum atomic E-state index is 5.22.